The van der Waals surface area contributed by atoms with Crippen LogP contribution in [-0.4, -0.2) is 0 Å². The second-order valence-electron chi connectivity index (χ2n) is 1.67. The minimum Gasteiger partial charge on any atom is -0.0638 e. The molecule has 0 unspecified atom stereocenters. The monoisotopic (exact) mass is 162 g/mol. The van der Waals surface area contributed by atoms with Crippen molar-refractivity contribution in [2.24, 2.45) is 0 Å². The van der Waals surface area contributed by atoms with Crippen LogP contribution in [0.5, 0.6) is 0 Å². The molecule has 42 valence electrons. The first kappa shape index (κ1) is 7.22. The summed E-state index contributed by atoms with van der Waals surface area (Å²) in [6.45, 7) is 6.35. The lowest BCUT2D eigenvalue weighted by Crippen LogP contribution is -1.70. The number of allylic oxidation sites excluding steroid dienone is 2. The maximum Gasteiger partial charge on any atom is -0.00913 e. The first-order chi connectivity index (χ1) is 3.18. The lowest BCUT2D eigenvalue weighted by molar-refractivity contribution is 1.09. The van der Waals surface area contributed by atoms with Crippen LogP contribution >= 0.6 is 15.9 Å². The lowest BCUT2D eigenvalue weighted by atomic mass is 10.2. The molecule has 0 N–H and O–H groups in total. The maximum absolute atomic E-state index is 3.38. The average molecular weight is 163 g/mol. The quantitative estimate of drug-likeness (QED) is 0.557. The van der Waals surface area contributed by atoms with Crippen molar-refractivity contribution in [2.45, 2.75) is 27.2 Å². The maximum atomic E-state index is 3.38. The van der Waals surface area contributed by atoms with Crippen molar-refractivity contribution in [2.75, 3.05) is 0 Å². The molecule has 0 atom stereocenters. The van der Waals surface area contributed by atoms with Gasteiger partial charge in [-0.2, -0.15) is 0 Å². The summed E-state index contributed by atoms with van der Waals surface area (Å²) in [4.78, 5) is 0. The Morgan fingerprint density at radius 2 is 1.86 bits per heavy atom. The zero-order valence-electron chi connectivity index (χ0n) is 5.09. The third-order valence-electron chi connectivity index (χ3n) is 1.12. The van der Waals surface area contributed by atoms with Gasteiger partial charge in [-0.15, -0.1) is 0 Å². The standard InChI is InChI=1S/C6H11Br/c1-4-5(2)6(3)7/h4H2,1-3H3. The summed E-state index contributed by atoms with van der Waals surface area (Å²) in [5.74, 6) is 0. The zero-order valence-corrected chi connectivity index (χ0v) is 6.67. The summed E-state index contributed by atoms with van der Waals surface area (Å²) in [7, 11) is 0. The Kier molecular flexibility index (Phi) is 3.35. The Balaban J connectivity index is 3.72. The van der Waals surface area contributed by atoms with Crippen LogP contribution in [0.3, 0.4) is 0 Å². The molecule has 0 aliphatic carbocycles. The molecule has 0 aliphatic heterocycles. The molecule has 0 aromatic rings. The van der Waals surface area contributed by atoms with E-state index >= 15 is 0 Å². The second kappa shape index (κ2) is 3.25. The molecule has 0 spiro atoms. The van der Waals surface area contributed by atoms with Crippen LogP contribution in [0.25, 0.3) is 0 Å². The first-order valence-corrected chi connectivity index (χ1v) is 3.29. The SMILES string of the molecule is CCC(C)=C(C)Br. The largest absolute Gasteiger partial charge is 0.0638 e. The molecule has 0 aliphatic rings. The predicted molar refractivity (Wildman–Crippen MR) is 37.6 cm³/mol. The van der Waals surface area contributed by atoms with E-state index in [1.807, 2.05) is 0 Å². The van der Waals surface area contributed by atoms with E-state index < -0.39 is 0 Å². The molecule has 1 heteroatoms. The van der Waals surface area contributed by atoms with Gasteiger partial charge < -0.3 is 0 Å². The summed E-state index contributed by atoms with van der Waals surface area (Å²) in [6.07, 6.45) is 1.15. The predicted octanol–water partition coefficient (Wildman–Crippen LogP) is 3.09. The fourth-order valence-corrected chi connectivity index (χ4v) is 0.524. The van der Waals surface area contributed by atoms with Gasteiger partial charge in [-0.25, -0.2) is 0 Å². The summed E-state index contributed by atoms with van der Waals surface area (Å²) in [5.41, 5.74) is 1.43. The minimum atomic E-state index is 1.15. The van der Waals surface area contributed by atoms with E-state index in [9.17, 15) is 0 Å². The molecule has 0 saturated heterocycles. The average Bonchev–Trinajstić information content (AvgIpc) is 1.65. The van der Waals surface area contributed by atoms with Crippen LogP contribution in [0, 0.1) is 0 Å². The van der Waals surface area contributed by atoms with Gasteiger partial charge in [-0.05, 0) is 24.8 Å². The summed E-state index contributed by atoms with van der Waals surface area (Å²) < 4.78 is 1.27. The molecule has 0 nitrogen and oxygen atoms in total. The van der Waals surface area contributed by atoms with E-state index in [0.29, 0.717) is 0 Å². The fraction of sp³-hybridized carbons (Fsp3) is 0.667. The third kappa shape index (κ3) is 2.86. The summed E-state index contributed by atoms with van der Waals surface area (Å²) in [6, 6.07) is 0. The van der Waals surface area contributed by atoms with Gasteiger partial charge in [0.25, 0.3) is 0 Å². The van der Waals surface area contributed by atoms with Crippen molar-refractivity contribution in [3.63, 3.8) is 0 Å². The molecular formula is C6H11Br. The second-order valence-corrected chi connectivity index (χ2v) is 2.86. The molecule has 0 heterocycles. The van der Waals surface area contributed by atoms with E-state index in [2.05, 4.69) is 36.7 Å². The zero-order chi connectivity index (χ0) is 5.86. The van der Waals surface area contributed by atoms with E-state index in [4.69, 9.17) is 0 Å². The smallest absolute Gasteiger partial charge is 0.00913 e. The molecule has 0 amide bonds. The molecule has 7 heavy (non-hydrogen) atoms. The van der Waals surface area contributed by atoms with Crippen LogP contribution in [0.4, 0.5) is 0 Å². The highest BCUT2D eigenvalue weighted by molar-refractivity contribution is 9.11. The van der Waals surface area contributed by atoms with Gasteiger partial charge in [0, 0.05) is 0 Å². The van der Waals surface area contributed by atoms with Gasteiger partial charge in [0.1, 0.15) is 0 Å². The Labute approximate surface area is 53.7 Å². The highest BCUT2D eigenvalue weighted by Gasteiger charge is 1.84. The fourth-order valence-electron chi connectivity index (χ4n) is 0.244. The molecule has 0 fully saturated rings. The van der Waals surface area contributed by atoms with Crippen LogP contribution in [0.15, 0.2) is 10.1 Å². The lowest BCUT2D eigenvalue weighted by Gasteiger charge is -1.92. The van der Waals surface area contributed by atoms with Crippen molar-refractivity contribution < 1.29 is 0 Å². The van der Waals surface area contributed by atoms with Gasteiger partial charge in [0.15, 0.2) is 0 Å². The molecule has 0 bridgehead atoms. The minimum absolute atomic E-state index is 1.15. The van der Waals surface area contributed by atoms with Crippen molar-refractivity contribution in [3.05, 3.63) is 10.1 Å². The van der Waals surface area contributed by atoms with E-state index in [-0.39, 0.29) is 0 Å². The Morgan fingerprint density at radius 3 is 1.86 bits per heavy atom. The number of halogens is 1. The van der Waals surface area contributed by atoms with Gasteiger partial charge in [0.05, 0.1) is 0 Å². The van der Waals surface area contributed by atoms with Crippen molar-refractivity contribution in [1.82, 2.24) is 0 Å². The van der Waals surface area contributed by atoms with Gasteiger partial charge in [-0.3, -0.25) is 0 Å². The number of rotatable bonds is 1. The normalized spacial score (nSPS) is 13.7. The van der Waals surface area contributed by atoms with Crippen molar-refractivity contribution >= 4 is 15.9 Å². The molecule has 0 saturated carbocycles. The highest BCUT2D eigenvalue weighted by atomic mass is 79.9. The van der Waals surface area contributed by atoms with Crippen molar-refractivity contribution in [1.29, 1.82) is 0 Å². The highest BCUT2D eigenvalue weighted by Crippen LogP contribution is 2.11. The Morgan fingerprint density at radius 1 is 1.43 bits per heavy atom. The molecule has 0 rings (SSSR count). The van der Waals surface area contributed by atoms with E-state index in [0.717, 1.165) is 6.42 Å². The molecular weight excluding hydrogens is 152 g/mol. The van der Waals surface area contributed by atoms with Crippen LogP contribution < -0.4 is 0 Å². The van der Waals surface area contributed by atoms with Gasteiger partial charge in [-0.1, -0.05) is 28.4 Å². The van der Waals surface area contributed by atoms with Gasteiger partial charge >= 0.3 is 0 Å². The Hall–Kier alpha value is 0.220. The summed E-state index contributed by atoms with van der Waals surface area (Å²) in [5, 5.41) is 0. The number of hydrogen-bond donors (Lipinski definition) is 0. The van der Waals surface area contributed by atoms with E-state index in [1.165, 1.54) is 10.1 Å². The first-order valence-electron chi connectivity index (χ1n) is 2.50. The van der Waals surface area contributed by atoms with Gasteiger partial charge in [0.2, 0.25) is 0 Å². The summed E-state index contributed by atoms with van der Waals surface area (Å²) >= 11 is 3.38. The van der Waals surface area contributed by atoms with Crippen LogP contribution in [-0.2, 0) is 0 Å². The molecule has 0 aromatic carbocycles. The molecule has 0 aromatic heterocycles. The van der Waals surface area contributed by atoms with Crippen LogP contribution in [0.1, 0.15) is 27.2 Å². The number of hydrogen-bond acceptors (Lipinski definition) is 0. The van der Waals surface area contributed by atoms with E-state index in [1.54, 1.807) is 0 Å². The van der Waals surface area contributed by atoms with Crippen LogP contribution in [0.2, 0.25) is 0 Å². The molecule has 0 radical (unpaired) electrons. The third-order valence-corrected chi connectivity index (χ3v) is 1.80. The van der Waals surface area contributed by atoms with Crippen molar-refractivity contribution in [3.8, 4) is 0 Å². The Bertz CT molecular complexity index is 78.2. The topological polar surface area (TPSA) is 0 Å².